The number of carbonyl (C=O) groups is 1. The second-order valence-corrected chi connectivity index (χ2v) is 13.1. The maximum absolute atomic E-state index is 12.3. The third-order valence-electron chi connectivity index (χ3n) is 3.98. The average molecular weight is 386 g/mol. The van der Waals surface area contributed by atoms with Crippen LogP contribution in [0.1, 0.15) is 24.2 Å². The quantitative estimate of drug-likeness (QED) is 0.413. The fourth-order valence-electron chi connectivity index (χ4n) is 2.33. The number of terminal acetylenes is 1. The lowest BCUT2D eigenvalue weighted by Gasteiger charge is -2.17. The minimum Gasteiger partial charge on any atom is -0.441 e. The molecule has 0 radical (unpaired) electrons. The van der Waals surface area contributed by atoms with Crippen molar-refractivity contribution in [3.8, 4) is 12.3 Å². The van der Waals surface area contributed by atoms with Crippen LogP contribution in [0.15, 0.2) is 36.5 Å². The summed E-state index contributed by atoms with van der Waals surface area (Å²) in [5, 5.41) is 6.89. The number of hydrogen-bond acceptors (Lipinski definition) is 4. The number of amides is 1. The highest BCUT2D eigenvalue weighted by Gasteiger charge is 2.17. The molecule has 0 aliphatic heterocycles. The number of rotatable bonds is 8. The highest BCUT2D eigenvalue weighted by Crippen LogP contribution is 2.19. The van der Waals surface area contributed by atoms with Crippen LogP contribution in [0.3, 0.4) is 0 Å². The molecule has 0 spiro atoms. The molecule has 0 saturated heterocycles. The molecule has 0 aliphatic rings. The summed E-state index contributed by atoms with van der Waals surface area (Å²) in [5.74, 6) is 2.92. The first-order chi connectivity index (χ1) is 12.8. The van der Waals surface area contributed by atoms with Gasteiger partial charge >= 0.3 is 6.09 Å². The topological polar surface area (TPSA) is 65.4 Å². The van der Waals surface area contributed by atoms with Crippen molar-refractivity contribution >= 4 is 20.0 Å². The molecule has 0 unspecified atom stereocenters. The fraction of sp³-hybridized carbons (Fsp3) is 0.400. The second-order valence-electron chi connectivity index (χ2n) is 7.48. The predicted molar refractivity (Wildman–Crippen MR) is 109 cm³/mol. The Morgan fingerprint density at radius 3 is 2.67 bits per heavy atom. The first-order valence-corrected chi connectivity index (χ1v) is 12.6. The van der Waals surface area contributed by atoms with E-state index >= 15 is 0 Å². The normalized spacial score (nSPS) is 12.3. The van der Waals surface area contributed by atoms with Crippen LogP contribution >= 0.6 is 0 Å². The summed E-state index contributed by atoms with van der Waals surface area (Å²) in [4.78, 5) is 12.3. The third kappa shape index (κ3) is 6.59. The third-order valence-corrected chi connectivity index (χ3v) is 5.68. The van der Waals surface area contributed by atoms with Crippen molar-refractivity contribution in [2.45, 2.75) is 45.4 Å². The van der Waals surface area contributed by atoms with E-state index in [9.17, 15) is 4.79 Å². The van der Waals surface area contributed by atoms with Crippen LogP contribution in [0.25, 0.3) is 0 Å². The number of benzene rings is 1. The van der Waals surface area contributed by atoms with Crippen molar-refractivity contribution in [2.24, 2.45) is 0 Å². The molecule has 0 fully saturated rings. The van der Waals surface area contributed by atoms with Crippen molar-refractivity contribution in [3.05, 3.63) is 47.7 Å². The molecule has 0 saturated carbocycles. The summed E-state index contributed by atoms with van der Waals surface area (Å²) < 4.78 is 12.7. The Kier molecular flexibility index (Phi) is 7.22. The zero-order valence-electron chi connectivity index (χ0n) is 16.4. The maximum Gasteiger partial charge on any atom is 0.413 e. The Hall–Kier alpha value is -2.56. The van der Waals surface area contributed by atoms with Gasteiger partial charge in [0.1, 0.15) is 12.8 Å². The summed E-state index contributed by atoms with van der Waals surface area (Å²) in [6.07, 6.45) is 6.06. The van der Waals surface area contributed by atoms with E-state index in [1.54, 1.807) is 0 Å². The van der Waals surface area contributed by atoms with Gasteiger partial charge in [-0.25, -0.2) is 9.48 Å². The molecule has 2 rings (SSSR count). The number of anilines is 1. The molecule has 1 amide bonds. The van der Waals surface area contributed by atoms with E-state index in [0.717, 1.165) is 11.6 Å². The molecular weight excluding hydrogens is 358 g/mol. The molecule has 1 heterocycles. The van der Waals surface area contributed by atoms with Crippen molar-refractivity contribution in [3.63, 3.8) is 0 Å². The van der Waals surface area contributed by atoms with Gasteiger partial charge in [-0.1, -0.05) is 55.9 Å². The molecule has 144 valence electrons. The fourth-order valence-corrected chi connectivity index (χ4v) is 3.09. The molecule has 1 aromatic heterocycles. The molecule has 0 aliphatic carbocycles. The molecule has 7 heteroatoms. The summed E-state index contributed by atoms with van der Waals surface area (Å²) in [6.45, 7) is 9.55. The lowest BCUT2D eigenvalue weighted by atomic mass is 10.1. The lowest BCUT2D eigenvalue weighted by molar-refractivity contribution is 0.0796. The van der Waals surface area contributed by atoms with Gasteiger partial charge in [0.25, 0.3) is 0 Å². The van der Waals surface area contributed by atoms with Crippen molar-refractivity contribution < 1.29 is 14.3 Å². The Labute approximate surface area is 161 Å². The van der Waals surface area contributed by atoms with Crippen LogP contribution in [-0.2, 0) is 16.2 Å². The summed E-state index contributed by atoms with van der Waals surface area (Å²) in [6, 6.07) is 10.6. The summed E-state index contributed by atoms with van der Waals surface area (Å²) in [5.41, 5.74) is 1.39. The molecule has 6 nitrogen and oxygen atoms in total. The number of nitrogens with zero attached hydrogens (tertiary/aromatic N) is 2. The molecule has 2 aromatic rings. The highest BCUT2D eigenvalue weighted by atomic mass is 28.3. The smallest absolute Gasteiger partial charge is 0.413 e. The number of aromatic nitrogens is 2. The van der Waals surface area contributed by atoms with E-state index in [1.807, 2.05) is 37.3 Å². The summed E-state index contributed by atoms with van der Waals surface area (Å²) >= 11 is 0. The first-order valence-electron chi connectivity index (χ1n) is 8.93. The number of carbonyl (C=O) groups excluding carboxylic acids is 1. The largest absolute Gasteiger partial charge is 0.441 e. The van der Waals surface area contributed by atoms with E-state index < -0.39 is 14.2 Å². The van der Waals surface area contributed by atoms with Gasteiger partial charge in [0.15, 0.2) is 5.82 Å². The van der Waals surface area contributed by atoms with E-state index in [4.69, 9.17) is 15.9 Å². The number of nitrogens with one attached hydrogen (secondary N) is 1. The van der Waals surface area contributed by atoms with Crippen LogP contribution in [0.2, 0.25) is 25.7 Å². The molecule has 1 atom stereocenters. The van der Waals surface area contributed by atoms with Crippen LogP contribution in [0.5, 0.6) is 0 Å². The van der Waals surface area contributed by atoms with Gasteiger partial charge in [0.05, 0.1) is 11.8 Å². The zero-order chi connectivity index (χ0) is 19.9. The minimum atomic E-state index is -1.16. The zero-order valence-corrected chi connectivity index (χ0v) is 17.4. The average Bonchev–Trinajstić information content (AvgIpc) is 3.00. The van der Waals surface area contributed by atoms with Crippen LogP contribution in [0, 0.1) is 12.3 Å². The van der Waals surface area contributed by atoms with Gasteiger partial charge in [-0.3, -0.25) is 5.32 Å². The molecule has 0 bridgehead atoms. The van der Waals surface area contributed by atoms with Gasteiger partial charge in [0, 0.05) is 14.7 Å². The van der Waals surface area contributed by atoms with Gasteiger partial charge in [0.2, 0.25) is 0 Å². The van der Waals surface area contributed by atoms with Crippen LogP contribution in [0.4, 0.5) is 10.6 Å². The van der Waals surface area contributed by atoms with Crippen molar-refractivity contribution in [1.82, 2.24) is 9.78 Å². The van der Waals surface area contributed by atoms with E-state index in [-0.39, 0.29) is 12.8 Å². The van der Waals surface area contributed by atoms with Gasteiger partial charge in [-0.2, -0.15) is 5.10 Å². The van der Waals surface area contributed by atoms with E-state index in [2.05, 4.69) is 36.0 Å². The number of hydrogen-bond donors (Lipinski definition) is 1. The second kappa shape index (κ2) is 9.40. The van der Waals surface area contributed by atoms with Crippen molar-refractivity contribution in [2.75, 3.05) is 11.9 Å². The monoisotopic (exact) mass is 385 g/mol. The SMILES string of the molecule is C#Cc1cnn(COCC[Si](C)(C)C)c1NC(=O)O[C@H](C)c1ccccc1. The van der Waals surface area contributed by atoms with Gasteiger partial charge in [-0.15, -0.1) is 6.42 Å². The standard InChI is InChI=1S/C20H27N3O3Si/c1-6-17-14-21-23(15-25-12-13-27(3,4)5)19(17)22-20(24)26-16(2)18-10-8-7-9-11-18/h1,7-11,14,16H,12-13,15H2,2-5H3,(H,22,24)/t16-/m1/s1. The Bertz CT molecular complexity index is 791. The Balaban J connectivity index is 1.97. The van der Waals surface area contributed by atoms with Gasteiger partial charge < -0.3 is 9.47 Å². The van der Waals surface area contributed by atoms with Gasteiger partial charge in [-0.05, 0) is 18.5 Å². The van der Waals surface area contributed by atoms with Crippen LogP contribution in [-0.4, -0.2) is 30.6 Å². The number of ether oxygens (including phenoxy) is 2. The maximum atomic E-state index is 12.3. The molecule has 1 N–H and O–H groups in total. The first kappa shape index (κ1) is 20.7. The predicted octanol–water partition coefficient (Wildman–Crippen LogP) is 4.49. The van der Waals surface area contributed by atoms with Crippen molar-refractivity contribution in [1.29, 1.82) is 0 Å². The summed E-state index contributed by atoms with van der Waals surface area (Å²) in [7, 11) is -1.16. The van der Waals surface area contributed by atoms with E-state index in [1.165, 1.54) is 10.9 Å². The molecular formula is C20H27N3O3Si. The highest BCUT2D eigenvalue weighted by molar-refractivity contribution is 6.76. The Morgan fingerprint density at radius 2 is 2.04 bits per heavy atom. The van der Waals surface area contributed by atoms with E-state index in [0.29, 0.717) is 18.0 Å². The molecule has 1 aromatic carbocycles. The lowest BCUT2D eigenvalue weighted by Crippen LogP contribution is -2.23. The molecule has 27 heavy (non-hydrogen) atoms. The minimum absolute atomic E-state index is 0.218. The van der Waals surface area contributed by atoms with Crippen LogP contribution < -0.4 is 5.32 Å². The Morgan fingerprint density at radius 1 is 1.33 bits per heavy atom.